The lowest BCUT2D eigenvalue weighted by Gasteiger charge is -2.22. The predicted octanol–water partition coefficient (Wildman–Crippen LogP) is 2.28. The highest BCUT2D eigenvalue weighted by atomic mass is 32.2. The second-order valence-electron chi connectivity index (χ2n) is 7.36. The van der Waals surface area contributed by atoms with E-state index in [9.17, 15) is 18.3 Å². The van der Waals surface area contributed by atoms with Gasteiger partial charge in [0.2, 0.25) is 15.8 Å². The van der Waals surface area contributed by atoms with Gasteiger partial charge in [-0.2, -0.15) is 20.6 Å². The normalized spacial score (nSPS) is 19.6. The number of hydrogen-bond donors (Lipinski definition) is 1. The number of ether oxygens (including phenoxy) is 1. The summed E-state index contributed by atoms with van der Waals surface area (Å²) in [4.78, 5) is 16.9. The molecule has 4 rings (SSSR count). The van der Waals surface area contributed by atoms with E-state index in [-0.39, 0.29) is 30.4 Å². The Morgan fingerprint density at radius 1 is 1.32 bits per heavy atom. The number of thiophene rings is 1. The predicted molar refractivity (Wildman–Crippen MR) is 112 cm³/mol. The zero-order chi connectivity index (χ0) is 22.2. The Morgan fingerprint density at radius 3 is 2.84 bits per heavy atom. The summed E-state index contributed by atoms with van der Waals surface area (Å²) in [6.45, 7) is 3.22. The number of sulfonamides is 1. The lowest BCUT2D eigenvalue weighted by atomic mass is 10.1. The van der Waals surface area contributed by atoms with E-state index >= 15 is 0 Å². The molecule has 0 radical (unpaired) electrons. The number of aliphatic hydroxyl groups is 1. The summed E-state index contributed by atoms with van der Waals surface area (Å²) in [6, 6.07) is 5.46. The number of nitrogens with zero attached hydrogens (tertiary/aromatic N) is 3. The molecule has 3 aromatic rings. The van der Waals surface area contributed by atoms with Gasteiger partial charge in [0, 0.05) is 23.9 Å². The molecule has 31 heavy (non-hydrogen) atoms. The van der Waals surface area contributed by atoms with Gasteiger partial charge in [0.1, 0.15) is 6.04 Å². The molecule has 3 heterocycles. The summed E-state index contributed by atoms with van der Waals surface area (Å²) < 4.78 is 37.6. The second-order valence-corrected chi connectivity index (χ2v) is 10.0. The molecular weight excluding hydrogens is 442 g/mol. The van der Waals surface area contributed by atoms with Crippen LogP contribution in [-0.2, 0) is 26.2 Å². The first-order chi connectivity index (χ1) is 14.8. The zero-order valence-corrected chi connectivity index (χ0v) is 18.5. The molecule has 0 bridgehead atoms. The quantitative estimate of drug-likeness (QED) is 0.553. The molecule has 1 aliphatic heterocycles. The van der Waals surface area contributed by atoms with E-state index in [1.807, 2.05) is 30.7 Å². The molecule has 164 valence electrons. The fraction of sp³-hybridized carbons (Fsp3) is 0.350. The summed E-state index contributed by atoms with van der Waals surface area (Å²) >= 11 is 1.49. The molecule has 9 nitrogen and oxygen atoms in total. The maximum absolute atomic E-state index is 13.1. The average Bonchev–Trinajstić information content (AvgIpc) is 3.48. The Morgan fingerprint density at radius 2 is 2.13 bits per heavy atom. The van der Waals surface area contributed by atoms with Crippen LogP contribution in [0, 0.1) is 13.8 Å². The Kier molecular flexibility index (Phi) is 5.93. The first-order valence-corrected chi connectivity index (χ1v) is 11.9. The van der Waals surface area contributed by atoms with Crippen LogP contribution in [-0.4, -0.2) is 52.6 Å². The molecule has 0 aliphatic carbocycles. The molecule has 0 unspecified atom stereocenters. The average molecular weight is 464 g/mol. The SMILES string of the molecule is Cc1ccc(S(=O)(=O)N2C[C@H](O)C[C@H]2C(=O)OCc2nc(-c3ccsc3)no2)cc1C. The highest BCUT2D eigenvalue weighted by Crippen LogP contribution is 2.28. The summed E-state index contributed by atoms with van der Waals surface area (Å²) in [5.41, 5.74) is 2.56. The molecule has 11 heteroatoms. The standard InChI is InChI=1S/C20H21N3O6S2/c1-12-3-4-16(7-13(12)2)31(26,27)23-9-15(24)8-17(23)20(25)28-10-18-21-19(22-29-18)14-5-6-30-11-14/h3-7,11,15,17,24H,8-10H2,1-2H3/t15-,17+/m1/s1. The lowest BCUT2D eigenvalue weighted by Crippen LogP contribution is -2.41. The van der Waals surface area contributed by atoms with Crippen molar-refractivity contribution in [2.45, 2.75) is 43.9 Å². The molecule has 1 saturated heterocycles. The van der Waals surface area contributed by atoms with Gasteiger partial charge in [-0.15, -0.1) is 0 Å². The van der Waals surface area contributed by atoms with Crippen molar-refractivity contribution >= 4 is 27.3 Å². The largest absolute Gasteiger partial charge is 0.454 e. The van der Waals surface area contributed by atoms with Crippen LogP contribution in [0.2, 0.25) is 0 Å². The van der Waals surface area contributed by atoms with Crippen LogP contribution in [0.3, 0.4) is 0 Å². The van der Waals surface area contributed by atoms with E-state index in [0.29, 0.717) is 5.82 Å². The van der Waals surface area contributed by atoms with Crippen LogP contribution in [0.4, 0.5) is 0 Å². The van der Waals surface area contributed by atoms with E-state index in [1.165, 1.54) is 17.4 Å². The van der Waals surface area contributed by atoms with E-state index in [4.69, 9.17) is 9.26 Å². The fourth-order valence-electron chi connectivity index (χ4n) is 3.33. The highest BCUT2D eigenvalue weighted by Gasteiger charge is 2.44. The minimum atomic E-state index is -3.99. The molecule has 1 aliphatic rings. The summed E-state index contributed by atoms with van der Waals surface area (Å²) in [5.74, 6) is -0.307. The number of carbonyl (C=O) groups excluding carboxylic acids is 1. The molecule has 2 aromatic heterocycles. The molecule has 1 N–H and O–H groups in total. The van der Waals surface area contributed by atoms with Crippen molar-refractivity contribution in [1.82, 2.24) is 14.4 Å². The Bertz CT molecular complexity index is 1190. The number of aliphatic hydroxyl groups excluding tert-OH is 1. The molecule has 1 fully saturated rings. The maximum atomic E-state index is 13.1. The van der Waals surface area contributed by atoms with E-state index < -0.39 is 28.1 Å². The minimum absolute atomic E-state index is 0.0487. The van der Waals surface area contributed by atoms with Gasteiger partial charge in [-0.25, -0.2) is 8.42 Å². The molecule has 0 saturated carbocycles. The monoisotopic (exact) mass is 463 g/mol. The Hall–Kier alpha value is -2.60. The molecule has 0 spiro atoms. The summed E-state index contributed by atoms with van der Waals surface area (Å²) in [5, 5.41) is 17.6. The summed E-state index contributed by atoms with van der Waals surface area (Å²) in [6.07, 6.45) is -1.01. The Balaban J connectivity index is 1.48. The van der Waals surface area contributed by atoms with Gasteiger partial charge in [-0.1, -0.05) is 11.2 Å². The van der Waals surface area contributed by atoms with Crippen LogP contribution < -0.4 is 0 Å². The molecule has 2 atom stereocenters. The highest BCUT2D eigenvalue weighted by molar-refractivity contribution is 7.89. The second kappa shape index (κ2) is 8.50. The van der Waals surface area contributed by atoms with Gasteiger partial charge < -0.3 is 14.4 Å². The third-order valence-electron chi connectivity index (χ3n) is 5.18. The number of hydrogen-bond acceptors (Lipinski definition) is 9. The van der Waals surface area contributed by atoms with Gasteiger partial charge in [0.15, 0.2) is 6.61 Å². The van der Waals surface area contributed by atoms with Crippen molar-refractivity contribution < 1.29 is 27.6 Å². The molecule has 1 aromatic carbocycles. The zero-order valence-electron chi connectivity index (χ0n) is 16.9. The topological polar surface area (TPSA) is 123 Å². The van der Waals surface area contributed by atoms with Crippen molar-refractivity contribution in [1.29, 1.82) is 0 Å². The van der Waals surface area contributed by atoms with Crippen LogP contribution in [0.15, 0.2) is 44.4 Å². The van der Waals surface area contributed by atoms with Crippen LogP contribution in [0.5, 0.6) is 0 Å². The van der Waals surface area contributed by atoms with E-state index in [1.54, 1.807) is 12.1 Å². The van der Waals surface area contributed by atoms with Crippen molar-refractivity contribution in [3.05, 3.63) is 52.0 Å². The number of aryl methyl sites for hydroxylation is 2. The number of carbonyl (C=O) groups is 1. The maximum Gasteiger partial charge on any atom is 0.325 e. The van der Waals surface area contributed by atoms with E-state index in [0.717, 1.165) is 21.0 Å². The number of rotatable bonds is 6. The van der Waals surface area contributed by atoms with Gasteiger partial charge in [-0.05, 0) is 48.6 Å². The molecular formula is C20H21N3O6S2. The van der Waals surface area contributed by atoms with Crippen molar-refractivity contribution in [2.75, 3.05) is 6.54 Å². The number of aromatic nitrogens is 2. The van der Waals surface area contributed by atoms with Gasteiger partial charge in [-0.3, -0.25) is 4.79 Å². The number of β-amino-alcohol motifs (C(OH)–C–C–N with tert-alkyl or cyclic N) is 1. The third-order valence-corrected chi connectivity index (χ3v) is 7.73. The lowest BCUT2D eigenvalue weighted by molar-refractivity contribution is -0.149. The van der Waals surface area contributed by atoms with E-state index in [2.05, 4.69) is 10.1 Å². The third kappa shape index (κ3) is 4.40. The van der Waals surface area contributed by atoms with Crippen molar-refractivity contribution in [3.63, 3.8) is 0 Å². The fourth-order valence-corrected chi connectivity index (χ4v) is 5.67. The van der Waals surface area contributed by atoms with Crippen LogP contribution in [0.1, 0.15) is 23.4 Å². The van der Waals surface area contributed by atoms with Crippen LogP contribution in [0.25, 0.3) is 11.4 Å². The Labute approximate surface area is 183 Å². The van der Waals surface area contributed by atoms with Gasteiger partial charge >= 0.3 is 5.97 Å². The smallest absolute Gasteiger partial charge is 0.325 e. The number of benzene rings is 1. The first-order valence-electron chi connectivity index (χ1n) is 9.54. The number of esters is 1. The van der Waals surface area contributed by atoms with Crippen molar-refractivity contribution in [2.24, 2.45) is 0 Å². The minimum Gasteiger partial charge on any atom is -0.454 e. The van der Waals surface area contributed by atoms with Gasteiger partial charge in [0.05, 0.1) is 11.0 Å². The van der Waals surface area contributed by atoms with Crippen LogP contribution >= 0.6 is 11.3 Å². The first kappa shape index (κ1) is 21.6. The molecule has 0 amide bonds. The summed E-state index contributed by atoms with van der Waals surface area (Å²) in [7, 11) is -3.99. The van der Waals surface area contributed by atoms with Gasteiger partial charge in [0.25, 0.3) is 5.89 Å². The van der Waals surface area contributed by atoms with Crippen molar-refractivity contribution in [3.8, 4) is 11.4 Å².